The molecular weight excluding hydrogens is 316 g/mol. The fourth-order valence-electron chi connectivity index (χ4n) is 3.62. The van der Waals surface area contributed by atoms with Crippen molar-refractivity contribution in [3.05, 3.63) is 30.4 Å². The van der Waals surface area contributed by atoms with E-state index in [1.54, 1.807) is 18.7 Å². The Hall–Kier alpha value is -2.44. The van der Waals surface area contributed by atoms with Crippen LogP contribution in [0.5, 0.6) is 0 Å². The first-order valence-corrected chi connectivity index (χ1v) is 8.99. The average molecular weight is 340 g/mol. The molecule has 132 valence electrons. The van der Waals surface area contributed by atoms with Crippen LogP contribution in [-0.4, -0.2) is 31.0 Å². The Morgan fingerprint density at radius 3 is 2.80 bits per heavy atom. The third kappa shape index (κ3) is 3.50. The van der Waals surface area contributed by atoms with Gasteiger partial charge in [0.2, 0.25) is 5.95 Å². The summed E-state index contributed by atoms with van der Waals surface area (Å²) in [7, 11) is 1.95. The van der Waals surface area contributed by atoms with E-state index in [9.17, 15) is 0 Å². The quantitative estimate of drug-likeness (QED) is 0.686. The van der Waals surface area contributed by atoms with Crippen molar-refractivity contribution >= 4 is 17.1 Å². The largest absolute Gasteiger partial charge is 0.444 e. The monoisotopic (exact) mass is 340 g/mol. The molecular formula is C18H24N6O. The molecule has 0 atom stereocenters. The van der Waals surface area contributed by atoms with Gasteiger partial charge in [0.25, 0.3) is 0 Å². The van der Waals surface area contributed by atoms with E-state index in [0.717, 1.165) is 35.3 Å². The Kier molecular flexibility index (Phi) is 4.38. The molecule has 4 rings (SSSR count). The van der Waals surface area contributed by atoms with E-state index in [-0.39, 0.29) is 0 Å². The van der Waals surface area contributed by atoms with Crippen molar-refractivity contribution in [3.63, 3.8) is 0 Å². The van der Waals surface area contributed by atoms with Gasteiger partial charge >= 0.3 is 0 Å². The summed E-state index contributed by atoms with van der Waals surface area (Å²) in [5.41, 5.74) is 1.67. The predicted molar refractivity (Wildman–Crippen MR) is 95.2 cm³/mol. The molecule has 25 heavy (non-hydrogen) atoms. The van der Waals surface area contributed by atoms with Gasteiger partial charge in [0.1, 0.15) is 11.3 Å². The lowest BCUT2D eigenvalue weighted by atomic mass is 10.0. The van der Waals surface area contributed by atoms with E-state index in [2.05, 4.69) is 19.9 Å². The average Bonchev–Trinajstić information content (AvgIpc) is 3.34. The second kappa shape index (κ2) is 6.82. The van der Waals surface area contributed by atoms with E-state index in [1.165, 1.54) is 32.1 Å². The number of aryl methyl sites for hydroxylation is 2. The number of hydrogen-bond acceptors (Lipinski definition) is 6. The summed E-state index contributed by atoms with van der Waals surface area (Å²) < 4.78 is 7.60. The summed E-state index contributed by atoms with van der Waals surface area (Å²) in [6, 6.07) is 0. The number of rotatable bonds is 6. The molecule has 0 spiro atoms. The highest BCUT2D eigenvalue weighted by molar-refractivity contribution is 5.70. The topological polar surface area (TPSA) is 72.9 Å². The van der Waals surface area contributed by atoms with Gasteiger partial charge in [-0.25, -0.2) is 15.0 Å². The van der Waals surface area contributed by atoms with Crippen LogP contribution in [0.15, 0.2) is 23.1 Å². The molecule has 0 saturated heterocycles. The molecule has 1 fully saturated rings. The highest BCUT2D eigenvalue weighted by Crippen LogP contribution is 2.28. The maximum absolute atomic E-state index is 5.68. The molecule has 7 heteroatoms. The Bertz CT molecular complexity index is 848. The molecule has 3 aromatic rings. The zero-order valence-electron chi connectivity index (χ0n) is 14.9. The number of anilines is 1. The molecule has 1 aliphatic carbocycles. The normalized spacial score (nSPS) is 15.3. The van der Waals surface area contributed by atoms with Crippen LogP contribution in [0.1, 0.15) is 43.8 Å². The van der Waals surface area contributed by atoms with Gasteiger partial charge in [-0.3, -0.25) is 0 Å². The van der Waals surface area contributed by atoms with Crippen LogP contribution in [0.2, 0.25) is 0 Å². The van der Waals surface area contributed by atoms with Gasteiger partial charge in [0.05, 0.1) is 25.3 Å². The minimum absolute atomic E-state index is 0.636. The number of nitrogens with zero attached hydrogens (tertiary/aromatic N) is 6. The van der Waals surface area contributed by atoms with Gasteiger partial charge in [0, 0.05) is 20.5 Å². The summed E-state index contributed by atoms with van der Waals surface area (Å²) in [5.74, 6) is 3.08. The number of fused-ring (bicyclic) bond motifs is 1. The number of aromatic nitrogens is 5. The lowest BCUT2D eigenvalue weighted by Crippen LogP contribution is -2.27. The van der Waals surface area contributed by atoms with Gasteiger partial charge in [-0.1, -0.05) is 25.7 Å². The Morgan fingerprint density at radius 2 is 2.04 bits per heavy atom. The summed E-state index contributed by atoms with van der Waals surface area (Å²) in [6.07, 6.45) is 11.9. The SMILES string of the molecule is Cc1ncc(CN(CCC2CCCC2)c2ncc3ncn(C)c3n2)o1. The van der Waals surface area contributed by atoms with Crippen LogP contribution in [0.4, 0.5) is 5.95 Å². The van der Waals surface area contributed by atoms with Crippen molar-refractivity contribution in [1.82, 2.24) is 24.5 Å². The molecule has 0 radical (unpaired) electrons. The first kappa shape index (κ1) is 16.1. The molecule has 3 aromatic heterocycles. The standard InChI is InChI=1S/C18H24N6O/c1-13-19-9-15(25-13)11-24(8-7-14-5-3-4-6-14)18-20-10-16-17(22-18)23(2)12-21-16/h9-10,12,14H,3-8,11H2,1-2H3. The molecule has 0 unspecified atom stereocenters. The van der Waals surface area contributed by atoms with Gasteiger partial charge < -0.3 is 13.9 Å². The van der Waals surface area contributed by atoms with E-state index in [4.69, 9.17) is 9.40 Å². The van der Waals surface area contributed by atoms with Crippen LogP contribution in [0.3, 0.4) is 0 Å². The Balaban J connectivity index is 1.58. The lowest BCUT2D eigenvalue weighted by molar-refractivity contribution is 0.453. The third-order valence-electron chi connectivity index (χ3n) is 5.02. The molecule has 3 heterocycles. The van der Waals surface area contributed by atoms with Crippen molar-refractivity contribution in [3.8, 4) is 0 Å². The highest BCUT2D eigenvalue weighted by Gasteiger charge is 2.19. The highest BCUT2D eigenvalue weighted by atomic mass is 16.4. The summed E-state index contributed by atoms with van der Waals surface area (Å²) in [6.45, 7) is 3.43. The molecule has 7 nitrogen and oxygen atoms in total. The fourth-order valence-corrected chi connectivity index (χ4v) is 3.62. The Labute approximate surface area is 147 Å². The van der Waals surface area contributed by atoms with Crippen LogP contribution in [0, 0.1) is 12.8 Å². The van der Waals surface area contributed by atoms with Crippen molar-refractivity contribution in [2.24, 2.45) is 13.0 Å². The number of hydrogen-bond donors (Lipinski definition) is 0. The minimum atomic E-state index is 0.636. The second-order valence-electron chi connectivity index (χ2n) is 6.94. The van der Waals surface area contributed by atoms with Crippen LogP contribution in [0.25, 0.3) is 11.2 Å². The lowest BCUT2D eigenvalue weighted by Gasteiger charge is -2.23. The number of oxazole rings is 1. The fraction of sp³-hybridized carbons (Fsp3) is 0.556. The molecule has 1 aliphatic rings. The van der Waals surface area contributed by atoms with Crippen LogP contribution < -0.4 is 4.90 Å². The van der Waals surface area contributed by atoms with Crippen molar-refractivity contribution in [2.45, 2.75) is 45.6 Å². The van der Waals surface area contributed by atoms with E-state index in [0.29, 0.717) is 12.4 Å². The van der Waals surface area contributed by atoms with Crippen molar-refractivity contribution in [1.29, 1.82) is 0 Å². The smallest absolute Gasteiger partial charge is 0.227 e. The van der Waals surface area contributed by atoms with Gasteiger partial charge in [0.15, 0.2) is 11.5 Å². The zero-order chi connectivity index (χ0) is 17.2. The third-order valence-corrected chi connectivity index (χ3v) is 5.02. The van der Waals surface area contributed by atoms with Crippen LogP contribution in [-0.2, 0) is 13.6 Å². The maximum Gasteiger partial charge on any atom is 0.227 e. The van der Waals surface area contributed by atoms with E-state index in [1.807, 2.05) is 18.5 Å². The molecule has 0 aliphatic heterocycles. The Morgan fingerprint density at radius 1 is 1.20 bits per heavy atom. The van der Waals surface area contributed by atoms with Crippen molar-refractivity contribution in [2.75, 3.05) is 11.4 Å². The van der Waals surface area contributed by atoms with Crippen LogP contribution >= 0.6 is 0 Å². The molecule has 0 amide bonds. The van der Waals surface area contributed by atoms with Crippen molar-refractivity contribution < 1.29 is 4.42 Å². The van der Waals surface area contributed by atoms with E-state index >= 15 is 0 Å². The molecule has 0 aromatic carbocycles. The minimum Gasteiger partial charge on any atom is -0.444 e. The summed E-state index contributed by atoms with van der Waals surface area (Å²) in [5, 5.41) is 0. The zero-order valence-corrected chi connectivity index (χ0v) is 14.9. The molecule has 1 saturated carbocycles. The first-order chi connectivity index (χ1) is 12.2. The first-order valence-electron chi connectivity index (χ1n) is 8.99. The van der Waals surface area contributed by atoms with Gasteiger partial charge in [-0.15, -0.1) is 0 Å². The summed E-state index contributed by atoms with van der Waals surface area (Å²) >= 11 is 0. The van der Waals surface area contributed by atoms with Gasteiger partial charge in [-0.05, 0) is 12.3 Å². The molecule has 0 bridgehead atoms. The second-order valence-corrected chi connectivity index (χ2v) is 6.94. The van der Waals surface area contributed by atoms with Gasteiger partial charge in [-0.2, -0.15) is 4.98 Å². The molecule has 0 N–H and O–H groups in total. The van der Waals surface area contributed by atoms with E-state index < -0.39 is 0 Å². The number of imidazole rings is 1. The maximum atomic E-state index is 5.68. The summed E-state index contributed by atoms with van der Waals surface area (Å²) in [4.78, 5) is 20.0. The predicted octanol–water partition coefficient (Wildman–Crippen LogP) is 3.25.